The molecule has 0 bridgehead atoms. The summed E-state index contributed by atoms with van der Waals surface area (Å²) in [4.78, 5) is 51.9. The van der Waals surface area contributed by atoms with Crippen LogP contribution in [0.1, 0.15) is 66.0 Å². The molecule has 0 saturated carbocycles. The second-order valence-electron chi connectivity index (χ2n) is 13.2. The number of fused-ring (bicyclic) bond motifs is 2. The standard InChI is InChI=1S/C37H41N5O6/c1-8-26-31(47-7)17-30(46-6)21(2)32(26)22-13-14-29-23(15-22)18-38-35(40-29)39-24-16-25(41(19-24)36(45)48-37(3,4)5)20-42-33(43)27-11-9-10-12-28(27)34(42)44/h9-15,17-18,24-25H,8,16,19-20H2,1-7H3,(H,38,39,40). The number of imide groups is 1. The quantitative estimate of drug-likeness (QED) is 0.220. The van der Waals surface area contributed by atoms with E-state index in [1.165, 1.54) is 4.90 Å². The molecule has 11 nitrogen and oxygen atoms in total. The number of nitrogens with zero attached hydrogens (tertiary/aromatic N) is 4. The third kappa shape index (κ3) is 6.12. The van der Waals surface area contributed by atoms with Crippen molar-refractivity contribution in [3.8, 4) is 22.6 Å². The lowest BCUT2D eigenvalue weighted by atomic mass is 9.91. The summed E-state index contributed by atoms with van der Waals surface area (Å²) in [6.07, 6.45) is 2.53. The van der Waals surface area contributed by atoms with Gasteiger partial charge in [0.25, 0.3) is 11.8 Å². The van der Waals surface area contributed by atoms with Gasteiger partial charge in [0.15, 0.2) is 0 Å². The second-order valence-corrected chi connectivity index (χ2v) is 13.2. The second kappa shape index (κ2) is 12.8. The van der Waals surface area contributed by atoms with Crippen LogP contribution in [0.15, 0.2) is 54.7 Å². The SMILES string of the molecule is CCc1c(OC)cc(OC)c(C)c1-c1ccc2nc(NC3CC(CN4C(=O)c5ccccc5C4=O)N(C(=O)OC(C)(C)C)C3)ncc2c1. The van der Waals surface area contributed by atoms with Crippen molar-refractivity contribution in [2.45, 2.75) is 65.1 Å². The zero-order chi connectivity index (χ0) is 34.3. The topological polar surface area (TPSA) is 123 Å². The largest absolute Gasteiger partial charge is 0.496 e. The van der Waals surface area contributed by atoms with Crippen LogP contribution in [0, 0.1) is 6.92 Å². The Labute approximate surface area is 280 Å². The molecule has 3 aromatic carbocycles. The zero-order valence-electron chi connectivity index (χ0n) is 28.4. The first-order valence-electron chi connectivity index (χ1n) is 16.1. The monoisotopic (exact) mass is 651 g/mol. The predicted molar refractivity (Wildman–Crippen MR) is 183 cm³/mol. The van der Waals surface area contributed by atoms with Crippen LogP contribution >= 0.6 is 0 Å². The lowest BCUT2D eigenvalue weighted by molar-refractivity contribution is 0.0190. The van der Waals surface area contributed by atoms with Gasteiger partial charge in [-0.25, -0.2) is 14.8 Å². The number of rotatable bonds is 8. The van der Waals surface area contributed by atoms with Gasteiger partial charge in [-0.05, 0) is 81.5 Å². The van der Waals surface area contributed by atoms with Gasteiger partial charge in [0.05, 0.1) is 36.9 Å². The minimum Gasteiger partial charge on any atom is -0.496 e. The van der Waals surface area contributed by atoms with Crippen molar-refractivity contribution in [1.82, 2.24) is 19.8 Å². The summed E-state index contributed by atoms with van der Waals surface area (Å²) in [6.45, 7) is 9.91. The number of nitrogens with one attached hydrogen (secondary N) is 1. The van der Waals surface area contributed by atoms with Crippen LogP contribution < -0.4 is 14.8 Å². The molecule has 2 unspecified atom stereocenters. The van der Waals surface area contributed by atoms with E-state index < -0.39 is 17.7 Å². The first-order chi connectivity index (χ1) is 22.9. The Kier molecular flexibility index (Phi) is 8.72. The van der Waals surface area contributed by atoms with Crippen molar-refractivity contribution in [1.29, 1.82) is 0 Å². The van der Waals surface area contributed by atoms with E-state index in [1.54, 1.807) is 70.4 Å². The van der Waals surface area contributed by atoms with Crippen molar-refractivity contribution in [2.75, 3.05) is 32.6 Å². The number of likely N-dealkylation sites (tertiary alicyclic amines) is 1. The number of ether oxygens (including phenoxy) is 3. The highest BCUT2D eigenvalue weighted by molar-refractivity contribution is 6.21. The molecule has 3 heterocycles. The highest BCUT2D eigenvalue weighted by atomic mass is 16.6. The van der Waals surface area contributed by atoms with Gasteiger partial charge >= 0.3 is 6.09 Å². The van der Waals surface area contributed by atoms with E-state index in [4.69, 9.17) is 19.2 Å². The van der Waals surface area contributed by atoms with Crippen molar-refractivity contribution < 1.29 is 28.6 Å². The van der Waals surface area contributed by atoms with Crippen LogP contribution in [0.4, 0.5) is 10.7 Å². The van der Waals surface area contributed by atoms with Crippen molar-refractivity contribution in [3.05, 3.63) is 77.0 Å². The molecule has 1 fully saturated rings. The summed E-state index contributed by atoms with van der Waals surface area (Å²) in [5.74, 6) is 1.24. The average molecular weight is 652 g/mol. The molecule has 2 aliphatic heterocycles. The van der Waals surface area contributed by atoms with Crippen molar-refractivity contribution in [2.24, 2.45) is 0 Å². The minimum absolute atomic E-state index is 0.0549. The molecule has 0 radical (unpaired) electrons. The number of hydrogen-bond acceptors (Lipinski definition) is 9. The van der Waals surface area contributed by atoms with Crippen LogP contribution in [-0.2, 0) is 11.2 Å². The summed E-state index contributed by atoms with van der Waals surface area (Å²) in [5.41, 5.74) is 4.99. The number of amides is 3. The van der Waals surface area contributed by atoms with Crippen LogP contribution in [0.25, 0.3) is 22.0 Å². The maximum absolute atomic E-state index is 13.3. The number of aromatic nitrogens is 2. The van der Waals surface area contributed by atoms with E-state index in [0.717, 1.165) is 51.1 Å². The molecule has 48 heavy (non-hydrogen) atoms. The third-order valence-corrected chi connectivity index (χ3v) is 8.92. The normalized spacial score (nSPS) is 17.6. The van der Waals surface area contributed by atoms with Gasteiger partial charge in [-0.2, -0.15) is 0 Å². The Balaban J connectivity index is 1.24. The summed E-state index contributed by atoms with van der Waals surface area (Å²) in [5, 5.41) is 4.25. The maximum atomic E-state index is 13.3. The molecule has 6 rings (SSSR count). The number of carbonyl (C=O) groups excluding carboxylic acids is 3. The van der Waals surface area contributed by atoms with Gasteiger partial charge in [-0.1, -0.05) is 25.1 Å². The Bertz CT molecular complexity index is 1880. The first-order valence-corrected chi connectivity index (χ1v) is 16.1. The van der Waals surface area contributed by atoms with E-state index >= 15 is 0 Å². The van der Waals surface area contributed by atoms with E-state index in [0.29, 0.717) is 30.0 Å². The highest BCUT2D eigenvalue weighted by Gasteiger charge is 2.43. The van der Waals surface area contributed by atoms with Crippen LogP contribution in [0.3, 0.4) is 0 Å². The number of hydrogen-bond donors (Lipinski definition) is 1. The molecule has 0 aliphatic carbocycles. The van der Waals surface area contributed by atoms with Crippen molar-refractivity contribution in [3.63, 3.8) is 0 Å². The average Bonchev–Trinajstić information content (AvgIpc) is 3.57. The molecule has 4 aromatic rings. The third-order valence-electron chi connectivity index (χ3n) is 8.92. The summed E-state index contributed by atoms with van der Waals surface area (Å²) in [6, 6.07) is 14.1. The fourth-order valence-electron chi connectivity index (χ4n) is 6.72. The molecule has 1 N–H and O–H groups in total. The first kappa shape index (κ1) is 32.7. The molecule has 0 spiro atoms. The minimum atomic E-state index is -0.713. The van der Waals surface area contributed by atoms with Crippen LogP contribution in [-0.4, -0.2) is 82.7 Å². The molecule has 2 aliphatic rings. The fourth-order valence-corrected chi connectivity index (χ4v) is 6.72. The Morgan fingerprint density at radius 1 is 1.00 bits per heavy atom. The summed E-state index contributed by atoms with van der Waals surface area (Å²) < 4.78 is 17.1. The Morgan fingerprint density at radius 3 is 2.31 bits per heavy atom. The van der Waals surface area contributed by atoms with E-state index in [-0.39, 0.29) is 24.4 Å². The van der Waals surface area contributed by atoms with E-state index in [2.05, 4.69) is 23.3 Å². The molecular formula is C37H41N5O6. The Morgan fingerprint density at radius 2 is 1.69 bits per heavy atom. The number of carbonyl (C=O) groups is 3. The fraction of sp³-hybridized carbons (Fsp3) is 0.378. The van der Waals surface area contributed by atoms with Gasteiger partial charge in [0.2, 0.25) is 5.95 Å². The van der Waals surface area contributed by atoms with Gasteiger partial charge in [-0.3, -0.25) is 14.5 Å². The zero-order valence-corrected chi connectivity index (χ0v) is 28.4. The maximum Gasteiger partial charge on any atom is 0.410 e. The van der Waals surface area contributed by atoms with E-state index in [9.17, 15) is 14.4 Å². The molecular weight excluding hydrogens is 610 g/mol. The lowest BCUT2D eigenvalue weighted by Crippen LogP contribution is -2.46. The van der Waals surface area contributed by atoms with Crippen LogP contribution in [0.2, 0.25) is 0 Å². The number of methoxy groups -OCH3 is 2. The molecule has 3 amide bonds. The molecule has 2 atom stereocenters. The van der Waals surface area contributed by atoms with Gasteiger partial charge in [0.1, 0.15) is 17.1 Å². The molecule has 250 valence electrons. The lowest BCUT2D eigenvalue weighted by Gasteiger charge is -2.30. The molecule has 11 heteroatoms. The van der Waals surface area contributed by atoms with Crippen molar-refractivity contribution >= 4 is 34.8 Å². The van der Waals surface area contributed by atoms with E-state index in [1.807, 2.05) is 25.1 Å². The van der Waals surface area contributed by atoms with Gasteiger partial charge < -0.3 is 24.4 Å². The Hall–Kier alpha value is -5.19. The summed E-state index contributed by atoms with van der Waals surface area (Å²) >= 11 is 0. The van der Waals surface area contributed by atoms with Gasteiger partial charge in [-0.15, -0.1) is 0 Å². The predicted octanol–water partition coefficient (Wildman–Crippen LogP) is 6.27. The number of anilines is 1. The summed E-state index contributed by atoms with van der Waals surface area (Å²) in [7, 11) is 3.32. The smallest absolute Gasteiger partial charge is 0.410 e. The van der Waals surface area contributed by atoms with Gasteiger partial charge in [0, 0.05) is 42.3 Å². The van der Waals surface area contributed by atoms with Crippen LogP contribution in [0.5, 0.6) is 11.5 Å². The number of benzene rings is 3. The highest BCUT2D eigenvalue weighted by Crippen LogP contribution is 2.40. The molecule has 1 aromatic heterocycles. The molecule has 1 saturated heterocycles.